The third-order valence-corrected chi connectivity index (χ3v) is 11.6. The first kappa shape index (κ1) is 46.9. The zero-order valence-corrected chi connectivity index (χ0v) is 34.0. The second-order valence-corrected chi connectivity index (χ2v) is 17.2. The molecule has 7 N–H and O–H groups in total. The molecule has 0 aliphatic carbocycles. The van der Waals surface area contributed by atoms with Crippen LogP contribution in [-0.4, -0.2) is 102 Å². The van der Waals surface area contributed by atoms with Crippen molar-refractivity contribution in [1.82, 2.24) is 26.6 Å². The number of phenolic OH excluding ortho intramolecular Hbond substituents is 1. The lowest BCUT2D eigenvalue weighted by Gasteiger charge is -2.23. The molecular weight excluding hydrogens is 793 g/mol. The second-order valence-electron chi connectivity index (χ2n) is 13.9. The van der Waals surface area contributed by atoms with Gasteiger partial charge in [-0.15, -0.1) is 0 Å². The molecule has 0 bridgehead atoms. The van der Waals surface area contributed by atoms with Crippen LogP contribution in [-0.2, 0) is 51.4 Å². The van der Waals surface area contributed by atoms with Crippen molar-refractivity contribution in [3.05, 3.63) is 95.8 Å². The van der Waals surface area contributed by atoms with Gasteiger partial charge in [-0.2, -0.15) is 11.8 Å². The number of halogens is 1. The maximum atomic E-state index is 13.4. The standard InChI is InChI=1S/C40H50FN5O10S2/c1-25(2)21-34(40(53)54)46-39(52)33(22-27-7-5-4-6-8-27)45-36(49)24-42-37(50)26(3)43-38(51)32(23-28-9-13-30(47)14-10-28)44-35(48)17-18-57-19-20-58(55,56)31-15-11-29(41)12-16-31/h4-16,25-26,32-34,47H,17-24H2,1-3H3,(H,42,50)(H,43,51)(H,44,48)(H,45,49)(H,46,52)(H,53,54)/t26-,32-,33-,34-/m0/s1/i41-1. The Labute approximate surface area is 341 Å². The Bertz CT molecular complexity index is 1970. The van der Waals surface area contributed by atoms with E-state index in [0.717, 1.165) is 12.1 Å². The highest BCUT2D eigenvalue weighted by Crippen LogP contribution is 2.15. The molecule has 3 aromatic carbocycles. The fraction of sp³-hybridized carbons (Fsp3) is 0.400. The number of carbonyl (C=O) groups is 6. The molecule has 0 radical (unpaired) electrons. The Morgan fingerprint density at radius 2 is 1.26 bits per heavy atom. The van der Waals surface area contributed by atoms with Gasteiger partial charge in [0, 0.05) is 30.8 Å². The highest BCUT2D eigenvalue weighted by Gasteiger charge is 2.29. The van der Waals surface area contributed by atoms with Crippen LogP contribution in [0, 0.1) is 11.7 Å². The molecule has 0 aromatic heterocycles. The van der Waals surface area contributed by atoms with Gasteiger partial charge in [-0.05, 0) is 66.8 Å². The van der Waals surface area contributed by atoms with E-state index in [1.807, 2.05) is 13.8 Å². The summed E-state index contributed by atoms with van der Waals surface area (Å²) in [4.78, 5) is 77.3. The van der Waals surface area contributed by atoms with Crippen LogP contribution in [0.4, 0.5) is 4.39 Å². The van der Waals surface area contributed by atoms with E-state index in [9.17, 15) is 51.8 Å². The third-order valence-electron chi connectivity index (χ3n) is 8.60. The molecule has 0 aliphatic heterocycles. The number of hydrogen-bond acceptors (Lipinski definition) is 10. The topological polar surface area (TPSA) is 237 Å². The molecule has 15 nitrogen and oxygen atoms in total. The first-order valence-corrected chi connectivity index (χ1v) is 21.3. The van der Waals surface area contributed by atoms with E-state index in [4.69, 9.17) is 0 Å². The summed E-state index contributed by atoms with van der Waals surface area (Å²) in [6, 6.07) is 14.5. The lowest BCUT2D eigenvalue weighted by molar-refractivity contribution is -0.142. The van der Waals surface area contributed by atoms with Gasteiger partial charge in [0.15, 0.2) is 9.84 Å². The van der Waals surface area contributed by atoms with Crippen LogP contribution in [0.15, 0.2) is 83.8 Å². The quantitative estimate of drug-likeness (QED) is 0.0540. The van der Waals surface area contributed by atoms with Crippen LogP contribution in [0.2, 0.25) is 0 Å². The Morgan fingerprint density at radius 3 is 1.84 bits per heavy atom. The predicted octanol–water partition coefficient (Wildman–Crippen LogP) is 2.12. The zero-order chi connectivity index (χ0) is 42.8. The van der Waals surface area contributed by atoms with E-state index in [-0.39, 0.29) is 59.5 Å². The van der Waals surface area contributed by atoms with Crippen LogP contribution in [0.25, 0.3) is 0 Å². The van der Waals surface area contributed by atoms with Crippen molar-refractivity contribution in [3.63, 3.8) is 0 Å². The molecule has 4 atom stereocenters. The van der Waals surface area contributed by atoms with Crippen molar-refractivity contribution in [2.45, 2.75) is 75.5 Å². The van der Waals surface area contributed by atoms with Crippen molar-refractivity contribution in [1.29, 1.82) is 0 Å². The van der Waals surface area contributed by atoms with Crippen LogP contribution in [0.3, 0.4) is 0 Å². The minimum Gasteiger partial charge on any atom is -0.508 e. The number of aromatic hydroxyl groups is 1. The monoisotopic (exact) mass is 842 g/mol. The molecule has 0 saturated carbocycles. The summed E-state index contributed by atoms with van der Waals surface area (Å²) in [5, 5.41) is 31.9. The van der Waals surface area contributed by atoms with Gasteiger partial charge in [-0.25, -0.2) is 17.6 Å². The van der Waals surface area contributed by atoms with Gasteiger partial charge in [0.2, 0.25) is 29.5 Å². The number of rotatable bonds is 23. The van der Waals surface area contributed by atoms with Gasteiger partial charge < -0.3 is 36.8 Å². The van der Waals surface area contributed by atoms with Gasteiger partial charge in [0.25, 0.3) is 0 Å². The molecule has 18 heteroatoms. The molecule has 58 heavy (non-hydrogen) atoms. The number of carboxylic acid groups (broad SMARTS) is 1. The van der Waals surface area contributed by atoms with Crippen molar-refractivity contribution in [2.24, 2.45) is 5.92 Å². The van der Waals surface area contributed by atoms with Crippen LogP contribution < -0.4 is 26.6 Å². The largest absolute Gasteiger partial charge is 0.508 e. The summed E-state index contributed by atoms with van der Waals surface area (Å²) >= 11 is 1.21. The lowest BCUT2D eigenvalue weighted by Crippen LogP contribution is -2.56. The molecule has 0 saturated heterocycles. The number of amides is 5. The first-order chi connectivity index (χ1) is 27.4. The van der Waals surface area contributed by atoms with Crippen molar-refractivity contribution < 1.29 is 51.8 Å². The number of carbonyl (C=O) groups excluding carboxylic acids is 5. The highest BCUT2D eigenvalue weighted by molar-refractivity contribution is 8.00. The number of carboxylic acids is 1. The number of sulfone groups is 1. The fourth-order valence-corrected chi connectivity index (χ4v) is 8.18. The van der Waals surface area contributed by atoms with Crippen molar-refractivity contribution in [3.8, 4) is 5.75 Å². The predicted molar refractivity (Wildman–Crippen MR) is 216 cm³/mol. The van der Waals surface area contributed by atoms with Gasteiger partial charge in [0.1, 0.15) is 35.7 Å². The van der Waals surface area contributed by atoms with Crippen molar-refractivity contribution >= 4 is 57.1 Å². The average molecular weight is 843 g/mol. The summed E-state index contributed by atoms with van der Waals surface area (Å²) < 4.78 is 38.2. The minimum absolute atomic E-state index is 0.0100. The Hall–Kier alpha value is -5.49. The van der Waals surface area contributed by atoms with Crippen LogP contribution in [0.5, 0.6) is 5.75 Å². The summed E-state index contributed by atoms with van der Waals surface area (Å²) in [5.41, 5.74) is 1.28. The highest BCUT2D eigenvalue weighted by atomic mass is 32.2. The molecule has 0 fully saturated rings. The maximum Gasteiger partial charge on any atom is 0.326 e. The van der Waals surface area contributed by atoms with E-state index < -0.39 is 81.9 Å². The van der Waals surface area contributed by atoms with E-state index in [1.165, 1.54) is 43.0 Å². The van der Waals surface area contributed by atoms with Gasteiger partial charge in [0.05, 0.1) is 17.2 Å². The maximum absolute atomic E-state index is 13.4. The number of thioether (sulfide) groups is 1. The molecule has 3 aromatic rings. The smallest absolute Gasteiger partial charge is 0.326 e. The summed E-state index contributed by atoms with van der Waals surface area (Å²) in [6.07, 6.45) is 0.131. The number of aliphatic carboxylic acids is 1. The van der Waals surface area contributed by atoms with Crippen LogP contribution >= 0.6 is 11.8 Å². The summed E-state index contributed by atoms with van der Waals surface area (Å²) in [7, 11) is -3.65. The van der Waals surface area contributed by atoms with Gasteiger partial charge >= 0.3 is 5.97 Å². The number of benzene rings is 3. The molecule has 0 unspecified atom stereocenters. The SMILES string of the molecule is CC(C)C[C@H](NC(=O)[C@H](Cc1ccccc1)NC(=O)CNC(=O)[C@H](C)NC(=O)[C@H](Cc1ccc(O)cc1)NC(=O)CCSCCS(=O)(=O)c1ccc([18F])cc1)C(=O)O. The Balaban J connectivity index is 1.57. The molecule has 0 spiro atoms. The van der Waals surface area contributed by atoms with Crippen LogP contribution in [0.1, 0.15) is 44.7 Å². The average Bonchev–Trinajstić information content (AvgIpc) is 3.17. The number of phenols is 1. The minimum atomic E-state index is -3.65. The Kier molecular flexibility index (Phi) is 18.6. The fourth-order valence-electron chi connectivity index (χ4n) is 5.51. The van der Waals surface area contributed by atoms with E-state index >= 15 is 0 Å². The molecular formula is C40H50FN5O10S2. The second kappa shape index (κ2) is 23.0. The molecule has 0 aliphatic rings. The number of nitrogens with one attached hydrogen (secondary N) is 5. The lowest BCUT2D eigenvalue weighted by atomic mass is 10.0. The zero-order valence-electron chi connectivity index (χ0n) is 32.4. The molecule has 5 amide bonds. The summed E-state index contributed by atoms with van der Waals surface area (Å²) in [5.74, 6) is -5.11. The number of hydrogen-bond donors (Lipinski definition) is 7. The van der Waals surface area contributed by atoms with Gasteiger partial charge in [-0.3, -0.25) is 24.0 Å². The normalized spacial score (nSPS) is 13.3. The first-order valence-electron chi connectivity index (χ1n) is 18.5. The third kappa shape index (κ3) is 16.5. The van der Waals surface area contributed by atoms with E-state index in [2.05, 4.69) is 26.6 Å². The summed E-state index contributed by atoms with van der Waals surface area (Å²) in [6.45, 7) is 4.41. The molecule has 0 heterocycles. The van der Waals surface area contributed by atoms with E-state index in [1.54, 1.807) is 42.5 Å². The molecule has 3 rings (SSSR count). The Morgan fingerprint density at radius 1 is 0.690 bits per heavy atom. The van der Waals surface area contributed by atoms with Gasteiger partial charge in [-0.1, -0.05) is 56.3 Å². The van der Waals surface area contributed by atoms with E-state index in [0.29, 0.717) is 11.1 Å². The van der Waals surface area contributed by atoms with Crippen molar-refractivity contribution in [2.75, 3.05) is 23.8 Å². The molecule has 314 valence electrons.